The van der Waals surface area contributed by atoms with Crippen LogP contribution in [-0.4, -0.2) is 40.9 Å². The monoisotopic (exact) mass is 1420 g/mol. The molecule has 1 aromatic heterocycles. The van der Waals surface area contributed by atoms with Crippen LogP contribution in [0.1, 0.15) is 159 Å². The predicted octanol–water partition coefficient (Wildman–Crippen LogP) is 18.9. The van der Waals surface area contributed by atoms with Gasteiger partial charge in [0.1, 0.15) is 0 Å². The molecular weight excluding hydrogens is 1350 g/mol. The Kier molecular flexibility index (Phi) is 21.1. The van der Waals surface area contributed by atoms with Gasteiger partial charge in [0, 0.05) is 73.6 Å². The highest BCUT2D eigenvalue weighted by Crippen LogP contribution is 2.41. The van der Waals surface area contributed by atoms with E-state index in [1.54, 1.807) is 0 Å². The van der Waals surface area contributed by atoms with Gasteiger partial charge in [-0.1, -0.05) is 290 Å². The van der Waals surface area contributed by atoms with Gasteiger partial charge in [0.05, 0.1) is 44.5 Å². The van der Waals surface area contributed by atoms with Gasteiger partial charge in [-0.05, 0) is 83.6 Å². The molecule has 3 aliphatic rings. The zero-order chi connectivity index (χ0) is 61.3. The lowest BCUT2D eigenvalue weighted by Gasteiger charge is -2.23. The molecule has 0 aliphatic carbocycles. The molecule has 2 N–H and O–H groups in total. The van der Waals surface area contributed by atoms with E-state index in [0.717, 1.165) is 142 Å². The Hall–Kier alpha value is -6.44. The van der Waals surface area contributed by atoms with Crippen LogP contribution in [0.2, 0.25) is 0 Å². The van der Waals surface area contributed by atoms with Gasteiger partial charge in [0.15, 0.2) is 5.88 Å². The Labute approximate surface area is 550 Å². The van der Waals surface area contributed by atoms with Gasteiger partial charge in [-0.25, -0.2) is 4.99 Å². The van der Waals surface area contributed by atoms with Crippen LogP contribution in [0.4, 0.5) is 11.4 Å². The summed E-state index contributed by atoms with van der Waals surface area (Å²) in [4.78, 5) is 53.5. The van der Waals surface area contributed by atoms with Crippen molar-refractivity contribution >= 4 is 142 Å². The highest BCUT2D eigenvalue weighted by atomic mass is 79.9. The molecule has 3 aliphatic heterocycles. The molecule has 0 radical (unpaired) electrons. The Morgan fingerprint density at radius 2 is 0.716 bits per heavy atom. The Morgan fingerprint density at radius 3 is 1.14 bits per heavy atom. The standard InChI is InChI=1S/C50H62Br2N2O2.C26H14Br2N2O2/c1-3-5-7-9-11-13-15-17-19-21-35-53-47-41-31-34-44-46(38-25-29-40(52)30-26-38)50(56)54(36-22-20-18-16-14-12-10-8-6-4-2)48(44)42(41)32-33-43(47)45(49(53)55)37-23-27-39(51)28-24-37;27-15-5-1-13(2-6-15)21-19-11-9-18-17(23(19)29-25(21)31)10-12-20-22(26(32)30-24(18)20)14-3-7-16(28)8-4-14/h23-34H,3-22,35-36H2,1-2H3;1-12,29,31H. The summed E-state index contributed by atoms with van der Waals surface area (Å²) in [6.07, 6.45) is 25.1. The van der Waals surface area contributed by atoms with Crippen LogP contribution in [0.5, 0.6) is 5.88 Å². The van der Waals surface area contributed by atoms with E-state index in [4.69, 9.17) is 0 Å². The van der Waals surface area contributed by atoms with Crippen LogP contribution < -0.4 is 30.8 Å². The number of anilines is 2. The SMILES string of the molecule is CCCCCCCCCCCCN1C(=O)C(c2ccc(Br)cc2)=c2ccc3c4c(ccc3c21)=C(c1ccc(Br)cc1)C(=O)N4CCCCCCCCCCCC.O=C1N=c2c(ccc3c2ccc2c(-c4ccc(Br)cc4)c(O)[nH]c23)=C1c1ccc(Br)cc1. The molecule has 0 saturated heterocycles. The molecule has 0 atom stereocenters. The molecule has 88 heavy (non-hydrogen) atoms. The first-order valence-electron chi connectivity index (χ1n) is 31.9. The van der Waals surface area contributed by atoms with Crippen LogP contribution in [0, 0.1) is 0 Å². The largest absolute Gasteiger partial charge is 0.494 e. The van der Waals surface area contributed by atoms with E-state index >= 15 is 0 Å². The number of nitrogens with zero attached hydrogens (tertiary/aromatic N) is 3. The highest BCUT2D eigenvalue weighted by Gasteiger charge is 2.35. The minimum absolute atomic E-state index is 0.0756. The number of benzene rings is 8. The van der Waals surface area contributed by atoms with Gasteiger partial charge in [-0.3, -0.25) is 14.4 Å². The Morgan fingerprint density at radius 1 is 0.375 bits per heavy atom. The van der Waals surface area contributed by atoms with Crippen LogP contribution in [0.15, 0.2) is 168 Å². The number of aromatic nitrogens is 1. The summed E-state index contributed by atoms with van der Waals surface area (Å²) in [6, 6.07) is 48.3. The molecular formula is C76H76Br4N4O4. The maximum Gasteiger partial charge on any atom is 0.278 e. The molecule has 0 unspecified atom stereocenters. The molecule has 0 fully saturated rings. The van der Waals surface area contributed by atoms with E-state index in [-0.39, 0.29) is 23.6 Å². The fourth-order valence-corrected chi connectivity index (χ4v) is 14.3. The number of aromatic hydroxyl groups is 1. The molecule has 8 aromatic carbocycles. The fourth-order valence-electron chi connectivity index (χ4n) is 13.2. The summed E-state index contributed by atoms with van der Waals surface area (Å²) in [6.45, 7) is 5.92. The van der Waals surface area contributed by atoms with E-state index in [2.05, 4.69) is 122 Å². The summed E-state index contributed by atoms with van der Waals surface area (Å²) in [7, 11) is 0. The summed E-state index contributed by atoms with van der Waals surface area (Å²) in [5, 5.41) is 19.0. The molecule has 4 heterocycles. The highest BCUT2D eigenvalue weighted by molar-refractivity contribution is 9.11. The molecule has 3 amide bonds. The fraction of sp³-hybridized carbons (Fsp3) is 0.316. The van der Waals surface area contributed by atoms with Gasteiger partial charge in [-0.15, -0.1) is 0 Å². The average Bonchev–Trinajstić information content (AvgIpc) is 1.63. The maximum absolute atomic E-state index is 14.5. The second-order valence-electron chi connectivity index (χ2n) is 23.8. The number of carbonyl (C=O) groups is 3. The van der Waals surface area contributed by atoms with Crippen molar-refractivity contribution < 1.29 is 19.5 Å². The lowest BCUT2D eigenvalue weighted by atomic mass is 9.99. The first-order chi connectivity index (χ1) is 42.9. The Bertz CT molecular complexity index is 4160. The normalized spacial score (nSPS) is 13.5. The van der Waals surface area contributed by atoms with E-state index in [1.807, 2.05) is 121 Å². The zero-order valence-electron chi connectivity index (χ0n) is 50.4. The van der Waals surface area contributed by atoms with Crippen molar-refractivity contribution in [3.8, 4) is 17.0 Å². The van der Waals surface area contributed by atoms with Crippen LogP contribution in [-0.2, 0) is 14.4 Å². The third kappa shape index (κ3) is 13.7. The van der Waals surface area contributed by atoms with Crippen LogP contribution >= 0.6 is 63.7 Å². The summed E-state index contributed by atoms with van der Waals surface area (Å²) < 4.78 is 3.92. The van der Waals surface area contributed by atoms with Gasteiger partial charge >= 0.3 is 0 Å². The van der Waals surface area contributed by atoms with Gasteiger partial charge in [0.25, 0.3) is 17.7 Å². The number of hydrogen-bond donors (Lipinski definition) is 2. The minimum Gasteiger partial charge on any atom is -0.494 e. The van der Waals surface area contributed by atoms with Gasteiger partial charge in [0.2, 0.25) is 0 Å². The number of H-pyrrole nitrogens is 1. The second-order valence-corrected chi connectivity index (χ2v) is 27.4. The minimum atomic E-state index is -0.236. The summed E-state index contributed by atoms with van der Waals surface area (Å²) in [5.74, 6) is 0.0311. The number of carbonyl (C=O) groups excluding carboxylic acids is 3. The van der Waals surface area contributed by atoms with Gasteiger partial charge < -0.3 is 19.9 Å². The zero-order valence-corrected chi connectivity index (χ0v) is 56.8. The number of nitrogens with one attached hydrogen (secondary N) is 1. The van der Waals surface area contributed by atoms with Crippen molar-refractivity contribution in [2.75, 3.05) is 22.9 Å². The molecule has 12 heteroatoms. The molecule has 12 rings (SSSR count). The molecule has 8 nitrogen and oxygen atoms in total. The lowest BCUT2D eigenvalue weighted by Crippen LogP contribution is -2.30. The number of halogens is 4. The predicted molar refractivity (Wildman–Crippen MR) is 378 cm³/mol. The molecule has 0 bridgehead atoms. The molecule has 0 spiro atoms. The molecule has 0 saturated carbocycles. The quantitative estimate of drug-likeness (QED) is 0.0527. The number of aromatic amines is 1. The number of amides is 3. The van der Waals surface area contributed by atoms with E-state index in [9.17, 15) is 19.5 Å². The van der Waals surface area contributed by atoms with E-state index in [1.165, 1.54) is 103 Å². The van der Waals surface area contributed by atoms with E-state index in [0.29, 0.717) is 24.0 Å². The van der Waals surface area contributed by atoms with Crippen molar-refractivity contribution in [2.24, 2.45) is 4.99 Å². The van der Waals surface area contributed by atoms with Crippen molar-refractivity contribution in [1.82, 2.24) is 4.98 Å². The van der Waals surface area contributed by atoms with Gasteiger partial charge in [-0.2, -0.15) is 0 Å². The number of fused-ring (bicyclic) bond motifs is 10. The summed E-state index contributed by atoms with van der Waals surface area (Å²) >= 11 is 14.1. The van der Waals surface area contributed by atoms with Crippen LogP contribution in [0.25, 0.3) is 60.3 Å². The van der Waals surface area contributed by atoms with Crippen molar-refractivity contribution in [3.05, 3.63) is 201 Å². The van der Waals surface area contributed by atoms with Crippen molar-refractivity contribution in [2.45, 2.75) is 142 Å². The molecule has 9 aromatic rings. The van der Waals surface area contributed by atoms with Crippen LogP contribution in [0.3, 0.4) is 0 Å². The van der Waals surface area contributed by atoms with Crippen molar-refractivity contribution in [3.63, 3.8) is 0 Å². The van der Waals surface area contributed by atoms with E-state index < -0.39 is 0 Å². The average molecular weight is 1430 g/mol. The molecule has 452 valence electrons. The summed E-state index contributed by atoms with van der Waals surface area (Å²) in [5.41, 5.74) is 9.34. The second kappa shape index (κ2) is 29.5. The number of unbranched alkanes of at least 4 members (excludes halogenated alkanes) is 18. The maximum atomic E-state index is 14.5. The lowest BCUT2D eigenvalue weighted by molar-refractivity contribution is -0.113. The smallest absolute Gasteiger partial charge is 0.278 e. The third-order valence-electron chi connectivity index (χ3n) is 17.8. The number of hydrogen-bond acceptors (Lipinski definition) is 4. The third-order valence-corrected chi connectivity index (χ3v) is 19.9. The Balaban J connectivity index is 0.000000210. The van der Waals surface area contributed by atoms with Crippen molar-refractivity contribution in [1.29, 1.82) is 0 Å². The topological polar surface area (TPSA) is 106 Å². The first kappa shape index (κ1) is 63.1. The first-order valence-corrected chi connectivity index (χ1v) is 35.1. The number of rotatable bonds is 26.